The molecule has 0 bridgehead atoms. The van der Waals surface area contributed by atoms with Crippen LogP contribution in [0.15, 0.2) is 88.5 Å². The smallest absolute Gasteiger partial charge is 0.245 e. The number of piperidine rings is 1. The lowest BCUT2D eigenvalue weighted by molar-refractivity contribution is -0.139. The van der Waals surface area contributed by atoms with E-state index in [1.807, 2.05) is 49.3 Å². The van der Waals surface area contributed by atoms with Crippen molar-refractivity contribution < 1.29 is 18.8 Å². The summed E-state index contributed by atoms with van der Waals surface area (Å²) in [6.07, 6.45) is 11.5. The van der Waals surface area contributed by atoms with Crippen molar-refractivity contribution in [2.24, 2.45) is 10.9 Å². The Morgan fingerprint density at radius 3 is 2.27 bits per heavy atom. The molecular weight excluding hydrogens is 759 g/mol. The van der Waals surface area contributed by atoms with E-state index in [0.29, 0.717) is 13.0 Å². The Balaban J connectivity index is 0.848. The van der Waals surface area contributed by atoms with Gasteiger partial charge in [0.05, 0.1) is 28.7 Å². The highest BCUT2D eigenvalue weighted by Gasteiger charge is 2.40. The molecular formula is C47H53N7O4S. The Labute approximate surface area is 349 Å². The number of nitrogens with one attached hydrogen (secondary N) is 2. The third-order valence-electron chi connectivity index (χ3n) is 12.5. The van der Waals surface area contributed by atoms with Crippen molar-refractivity contribution in [1.29, 1.82) is 0 Å². The fourth-order valence-electron chi connectivity index (χ4n) is 9.49. The van der Waals surface area contributed by atoms with E-state index in [0.717, 1.165) is 119 Å². The van der Waals surface area contributed by atoms with E-state index in [-0.39, 0.29) is 41.8 Å². The van der Waals surface area contributed by atoms with Crippen molar-refractivity contribution in [3.05, 3.63) is 96.3 Å². The molecule has 1 unspecified atom stereocenters. The lowest BCUT2D eigenvalue weighted by Gasteiger charge is -2.37. The van der Waals surface area contributed by atoms with Gasteiger partial charge >= 0.3 is 0 Å². The van der Waals surface area contributed by atoms with Crippen LogP contribution in [0.4, 0.5) is 0 Å². The fraction of sp³-hybridized carbons (Fsp3) is 0.426. The van der Waals surface area contributed by atoms with Gasteiger partial charge in [-0.25, -0.2) is 4.98 Å². The zero-order valence-electron chi connectivity index (χ0n) is 34.2. The molecule has 3 amide bonds. The number of amides is 3. The first-order chi connectivity index (χ1) is 28.7. The summed E-state index contributed by atoms with van der Waals surface area (Å²) in [7, 11) is 0. The molecule has 0 spiro atoms. The van der Waals surface area contributed by atoms with Crippen LogP contribution in [0.25, 0.3) is 37.6 Å². The van der Waals surface area contributed by atoms with Crippen LogP contribution in [-0.2, 0) is 14.4 Å². The summed E-state index contributed by atoms with van der Waals surface area (Å²) >= 11 is 1.70. The van der Waals surface area contributed by atoms with Crippen molar-refractivity contribution in [2.75, 3.05) is 26.2 Å². The number of allylic oxidation sites excluding steroid dienone is 1. The van der Waals surface area contributed by atoms with Crippen molar-refractivity contribution >= 4 is 50.6 Å². The number of rotatable bonds is 11. The number of aromatic nitrogens is 2. The normalized spacial score (nSPS) is 20.9. The first-order valence-electron chi connectivity index (χ1n) is 21.3. The second kappa shape index (κ2) is 16.7. The summed E-state index contributed by atoms with van der Waals surface area (Å²) in [4.78, 5) is 60.5. The van der Waals surface area contributed by atoms with E-state index < -0.39 is 6.04 Å². The Bertz CT molecular complexity index is 2350. The Morgan fingerprint density at radius 1 is 0.847 bits per heavy atom. The van der Waals surface area contributed by atoms with Crippen LogP contribution in [0.1, 0.15) is 101 Å². The van der Waals surface area contributed by atoms with Crippen LogP contribution in [0.5, 0.6) is 0 Å². The van der Waals surface area contributed by atoms with Crippen molar-refractivity contribution in [2.45, 2.75) is 96.3 Å². The molecule has 306 valence electrons. The molecule has 4 aliphatic heterocycles. The fourth-order valence-corrected chi connectivity index (χ4v) is 10.5. The van der Waals surface area contributed by atoms with Gasteiger partial charge in [0, 0.05) is 60.9 Å². The summed E-state index contributed by atoms with van der Waals surface area (Å²) < 4.78 is 7.47. The minimum absolute atomic E-state index is 0.00825. The Hall–Kier alpha value is -5.33. The molecule has 5 aromatic rings. The topological polar surface area (TPSA) is 127 Å². The highest BCUT2D eigenvalue weighted by molar-refractivity contribution is 7.22. The SMILES string of the molecule is CC(=O)N[C@H](C(=O)N1CCCC1C1=NC=C(c2cc3sc(-c4ccc(-c5cnc([C@@H]6CCCN6C(=O)[C@@H](c6ccccc6)N6CCCCC6)[nH]5)cc4)cc3o2)C1)C(C)C. The number of hydrogen-bond acceptors (Lipinski definition) is 8. The second-order valence-electron chi connectivity index (χ2n) is 16.9. The quantitative estimate of drug-likeness (QED) is 0.137. The highest BCUT2D eigenvalue weighted by atomic mass is 32.1. The molecule has 7 heterocycles. The van der Waals surface area contributed by atoms with Gasteiger partial charge in [-0.05, 0) is 74.2 Å². The van der Waals surface area contributed by atoms with Crippen molar-refractivity contribution in [1.82, 2.24) is 30.0 Å². The molecule has 12 heteroatoms. The van der Waals surface area contributed by atoms with Gasteiger partial charge in [-0.3, -0.25) is 24.3 Å². The number of furan rings is 1. The largest absolute Gasteiger partial charge is 0.455 e. The van der Waals surface area contributed by atoms with Gasteiger partial charge < -0.3 is 24.5 Å². The van der Waals surface area contributed by atoms with Crippen molar-refractivity contribution in [3.63, 3.8) is 0 Å². The number of fused-ring (bicyclic) bond motifs is 1. The van der Waals surface area contributed by atoms with Crippen LogP contribution < -0.4 is 5.32 Å². The Kier molecular flexibility index (Phi) is 11.1. The van der Waals surface area contributed by atoms with E-state index in [9.17, 15) is 14.4 Å². The summed E-state index contributed by atoms with van der Waals surface area (Å²) in [5.41, 5.74) is 6.99. The van der Waals surface area contributed by atoms with Gasteiger partial charge in [-0.2, -0.15) is 0 Å². The van der Waals surface area contributed by atoms with Crippen LogP contribution in [0.2, 0.25) is 0 Å². The van der Waals surface area contributed by atoms with Crippen LogP contribution in [0, 0.1) is 5.92 Å². The summed E-state index contributed by atoms with van der Waals surface area (Å²) in [6.45, 7) is 8.69. The van der Waals surface area contributed by atoms with Gasteiger partial charge in [-0.1, -0.05) is 74.9 Å². The number of hydrogen-bond donors (Lipinski definition) is 2. The van der Waals surface area contributed by atoms with Crippen LogP contribution in [-0.4, -0.2) is 86.4 Å². The molecule has 9 rings (SSSR count). The predicted octanol–water partition coefficient (Wildman–Crippen LogP) is 8.78. The molecule has 3 saturated heterocycles. The lowest BCUT2D eigenvalue weighted by Crippen LogP contribution is -2.53. The van der Waals surface area contributed by atoms with Gasteiger partial charge in [0.15, 0.2) is 0 Å². The number of carbonyl (C=O) groups is 3. The minimum Gasteiger partial charge on any atom is -0.455 e. The molecule has 4 aliphatic rings. The minimum atomic E-state index is -0.544. The van der Waals surface area contributed by atoms with Crippen LogP contribution in [0.3, 0.4) is 0 Å². The van der Waals surface area contributed by atoms with E-state index in [2.05, 4.69) is 68.6 Å². The third kappa shape index (κ3) is 7.92. The van der Waals surface area contributed by atoms with Gasteiger partial charge in [0.2, 0.25) is 17.7 Å². The van der Waals surface area contributed by atoms with Gasteiger partial charge in [0.1, 0.15) is 29.3 Å². The maximum absolute atomic E-state index is 14.4. The second-order valence-corrected chi connectivity index (χ2v) is 18.0. The number of carbonyl (C=O) groups excluding carboxylic acids is 3. The van der Waals surface area contributed by atoms with Gasteiger partial charge in [-0.15, -0.1) is 11.3 Å². The molecule has 3 fully saturated rings. The number of nitrogens with zero attached hydrogens (tertiary/aromatic N) is 5. The van der Waals surface area contributed by atoms with Crippen molar-refractivity contribution in [3.8, 4) is 21.7 Å². The molecule has 59 heavy (non-hydrogen) atoms. The average Bonchev–Trinajstić information content (AvgIpc) is 4.10. The molecule has 0 radical (unpaired) electrons. The van der Waals surface area contributed by atoms with Gasteiger partial charge in [0.25, 0.3) is 0 Å². The molecule has 2 N–H and O–H groups in total. The van der Waals surface area contributed by atoms with E-state index in [1.54, 1.807) is 11.3 Å². The van der Waals surface area contributed by atoms with Crippen LogP contribution >= 0.6 is 11.3 Å². The lowest BCUT2D eigenvalue weighted by atomic mass is 9.99. The summed E-state index contributed by atoms with van der Waals surface area (Å²) in [6, 6.07) is 22.1. The highest BCUT2D eigenvalue weighted by Crippen LogP contribution is 2.40. The maximum atomic E-state index is 14.4. The molecule has 3 aromatic heterocycles. The number of H-pyrrole nitrogens is 1. The zero-order chi connectivity index (χ0) is 40.6. The first-order valence-corrected chi connectivity index (χ1v) is 22.2. The number of aliphatic imine (C=N–C) groups is 1. The predicted molar refractivity (Wildman–Crippen MR) is 233 cm³/mol. The molecule has 2 aromatic carbocycles. The van der Waals surface area contributed by atoms with E-state index in [1.165, 1.54) is 13.3 Å². The molecule has 4 atom stereocenters. The monoisotopic (exact) mass is 811 g/mol. The number of thiophene rings is 1. The number of benzene rings is 2. The average molecular weight is 812 g/mol. The standard InChI is InChI=1S/C47H53N7O4S/c1-29(2)43(50-30(3)55)46(56)53-22-10-14-37(53)35-24-34(27-48-35)39-25-42-40(58-39)26-41(59-42)32-18-16-31(17-19-32)36-28-49-45(51-36)38-15-11-23-54(38)47(57)44(33-12-6-4-7-13-33)52-20-8-5-9-21-52/h4,6-7,12-13,16-19,25-29,37-38,43-44H,5,8-11,14-15,20-24H2,1-3H3,(H,49,51)(H,50,55)/t37?,38-,43-,44+/m0/s1. The number of imidazole rings is 1. The third-order valence-corrected chi connectivity index (χ3v) is 13.6. The Morgan fingerprint density at radius 2 is 1.56 bits per heavy atom. The molecule has 11 nitrogen and oxygen atoms in total. The number of likely N-dealkylation sites (tertiary alicyclic amines) is 3. The first kappa shape index (κ1) is 39.1. The summed E-state index contributed by atoms with van der Waals surface area (Å²) in [5.74, 6) is 1.59. The zero-order valence-corrected chi connectivity index (χ0v) is 35.0. The number of aromatic amines is 1. The van der Waals surface area contributed by atoms with E-state index >= 15 is 0 Å². The van der Waals surface area contributed by atoms with E-state index in [4.69, 9.17) is 14.4 Å². The summed E-state index contributed by atoms with van der Waals surface area (Å²) in [5, 5.41) is 2.86. The maximum Gasteiger partial charge on any atom is 0.245 e. The molecule has 0 aliphatic carbocycles. The molecule has 0 saturated carbocycles.